The van der Waals surface area contributed by atoms with Crippen molar-refractivity contribution in [2.45, 2.75) is 37.2 Å². The average molecular weight is 469 g/mol. The van der Waals surface area contributed by atoms with Gasteiger partial charge in [0, 0.05) is 29.4 Å². The molecule has 3 aromatic carbocycles. The van der Waals surface area contributed by atoms with Gasteiger partial charge in [0.1, 0.15) is 16.5 Å². The predicted octanol–water partition coefficient (Wildman–Crippen LogP) is 4.75. The predicted molar refractivity (Wildman–Crippen MR) is 124 cm³/mol. The molecule has 4 rings (SSSR count). The molecule has 0 spiro atoms. The minimum Gasteiger partial charge on any atom is -0.495 e. The fourth-order valence-corrected chi connectivity index (χ4v) is 4.84. The van der Waals surface area contributed by atoms with Crippen molar-refractivity contribution in [1.29, 1.82) is 0 Å². The summed E-state index contributed by atoms with van der Waals surface area (Å²) in [6.45, 7) is 2.02. The molecule has 1 N–H and O–H groups in total. The Morgan fingerprint density at radius 2 is 1.79 bits per heavy atom. The highest BCUT2D eigenvalue weighted by Gasteiger charge is 2.34. The molecule has 172 valence electrons. The van der Waals surface area contributed by atoms with Gasteiger partial charge in [-0.2, -0.15) is 0 Å². The zero-order chi connectivity index (χ0) is 23.6. The zero-order valence-corrected chi connectivity index (χ0v) is 19.2. The van der Waals surface area contributed by atoms with Gasteiger partial charge in [-0.3, -0.25) is 9.52 Å². The normalized spacial score (nSPS) is 13.4. The molecule has 0 aromatic heterocycles. The average Bonchev–Trinajstić information content (AvgIpc) is 3.64. The maximum atomic E-state index is 14.2. The van der Waals surface area contributed by atoms with Crippen LogP contribution in [-0.2, 0) is 16.6 Å². The number of sulfonamides is 1. The first-order valence-corrected chi connectivity index (χ1v) is 12.1. The highest BCUT2D eigenvalue weighted by molar-refractivity contribution is 7.92. The molecule has 1 aliphatic rings. The fraction of sp³-hybridized carbons (Fsp3) is 0.240. The monoisotopic (exact) mass is 468 g/mol. The Kier molecular flexibility index (Phi) is 6.37. The highest BCUT2D eigenvalue weighted by Crippen LogP contribution is 2.32. The van der Waals surface area contributed by atoms with Gasteiger partial charge in [0.2, 0.25) is 0 Å². The van der Waals surface area contributed by atoms with Gasteiger partial charge < -0.3 is 9.64 Å². The van der Waals surface area contributed by atoms with Gasteiger partial charge >= 0.3 is 0 Å². The lowest BCUT2D eigenvalue weighted by atomic mass is 10.1. The number of carbonyl (C=O) groups excluding carboxylic acids is 1. The number of nitrogens with zero attached hydrogens (tertiary/aromatic N) is 1. The Morgan fingerprint density at radius 3 is 2.42 bits per heavy atom. The second-order valence-electron chi connectivity index (χ2n) is 8.09. The van der Waals surface area contributed by atoms with E-state index in [1.54, 1.807) is 47.4 Å². The van der Waals surface area contributed by atoms with Crippen molar-refractivity contribution in [3.05, 3.63) is 89.2 Å². The number of rotatable bonds is 8. The number of nitrogens with one attached hydrogen (secondary N) is 1. The van der Waals surface area contributed by atoms with Gasteiger partial charge in [-0.1, -0.05) is 35.9 Å². The van der Waals surface area contributed by atoms with Crippen LogP contribution in [0.15, 0.2) is 71.6 Å². The maximum absolute atomic E-state index is 14.2. The van der Waals surface area contributed by atoms with E-state index in [-0.39, 0.29) is 40.5 Å². The molecular formula is C25H25FN2O4S. The van der Waals surface area contributed by atoms with Crippen LogP contribution < -0.4 is 9.46 Å². The molecule has 3 aromatic rings. The molecule has 1 amide bonds. The number of carbonyl (C=O) groups is 1. The summed E-state index contributed by atoms with van der Waals surface area (Å²) in [6, 6.07) is 17.6. The van der Waals surface area contributed by atoms with Gasteiger partial charge in [-0.25, -0.2) is 12.8 Å². The van der Waals surface area contributed by atoms with E-state index in [0.717, 1.165) is 18.4 Å². The van der Waals surface area contributed by atoms with Gasteiger partial charge in [-0.05, 0) is 56.2 Å². The number of amides is 1. The summed E-state index contributed by atoms with van der Waals surface area (Å²) in [4.78, 5) is 14.8. The standard InChI is InChI=1S/C25H25FN2O4S/c1-17-7-10-20(11-8-17)27-33(30,31)24-15-18(9-14-23(24)32-2)25(29)28(21-12-13-21)16-19-5-3-4-6-22(19)26/h3-11,14-15,21,27H,12-13,16H2,1-2H3. The van der Waals surface area contributed by atoms with Crippen molar-refractivity contribution in [3.8, 4) is 5.75 Å². The first-order valence-electron chi connectivity index (χ1n) is 10.6. The molecule has 1 aliphatic carbocycles. The Labute approximate surface area is 193 Å². The van der Waals surface area contributed by atoms with Crippen LogP contribution in [0.25, 0.3) is 0 Å². The van der Waals surface area contributed by atoms with Crippen LogP contribution in [0.2, 0.25) is 0 Å². The van der Waals surface area contributed by atoms with Crippen molar-refractivity contribution in [2.75, 3.05) is 11.8 Å². The highest BCUT2D eigenvalue weighted by atomic mass is 32.2. The van der Waals surface area contributed by atoms with Crippen LogP contribution >= 0.6 is 0 Å². The summed E-state index contributed by atoms with van der Waals surface area (Å²) in [5, 5.41) is 0. The summed E-state index contributed by atoms with van der Waals surface area (Å²) in [7, 11) is -2.66. The van der Waals surface area contributed by atoms with E-state index in [1.807, 2.05) is 6.92 Å². The lowest BCUT2D eigenvalue weighted by molar-refractivity contribution is 0.0728. The summed E-state index contributed by atoms with van der Waals surface area (Å²) < 4.78 is 48.3. The molecule has 0 heterocycles. The molecule has 0 radical (unpaired) electrons. The van der Waals surface area contributed by atoms with E-state index in [1.165, 1.54) is 31.4 Å². The second kappa shape index (κ2) is 9.23. The van der Waals surface area contributed by atoms with Crippen LogP contribution in [0, 0.1) is 12.7 Å². The lowest BCUT2D eigenvalue weighted by Crippen LogP contribution is -2.33. The lowest BCUT2D eigenvalue weighted by Gasteiger charge is -2.23. The molecular weight excluding hydrogens is 443 g/mol. The fourth-order valence-electron chi connectivity index (χ4n) is 3.58. The van der Waals surface area contributed by atoms with Gasteiger partial charge in [0.15, 0.2) is 0 Å². The minimum absolute atomic E-state index is 0.00458. The molecule has 0 unspecified atom stereocenters. The quantitative estimate of drug-likeness (QED) is 0.518. The van der Waals surface area contributed by atoms with Crippen molar-refractivity contribution in [2.24, 2.45) is 0 Å². The molecule has 1 fully saturated rings. The summed E-state index contributed by atoms with van der Waals surface area (Å²) in [5.74, 6) is -0.607. The topological polar surface area (TPSA) is 75.7 Å². The van der Waals surface area contributed by atoms with E-state index in [0.29, 0.717) is 11.3 Å². The van der Waals surface area contributed by atoms with Crippen LogP contribution in [0.1, 0.15) is 34.3 Å². The Bertz CT molecular complexity index is 1270. The van der Waals surface area contributed by atoms with E-state index in [2.05, 4.69) is 4.72 Å². The third-order valence-corrected chi connectivity index (χ3v) is 6.95. The molecule has 6 nitrogen and oxygen atoms in total. The largest absolute Gasteiger partial charge is 0.495 e. The summed E-state index contributed by atoms with van der Waals surface area (Å²) in [6.07, 6.45) is 1.66. The van der Waals surface area contributed by atoms with Gasteiger partial charge in [-0.15, -0.1) is 0 Å². The van der Waals surface area contributed by atoms with Gasteiger partial charge in [0.05, 0.1) is 7.11 Å². The Hall–Kier alpha value is -3.39. The second-order valence-corrected chi connectivity index (χ2v) is 9.74. The first-order chi connectivity index (χ1) is 15.8. The number of hydrogen-bond acceptors (Lipinski definition) is 4. The molecule has 0 atom stereocenters. The summed E-state index contributed by atoms with van der Waals surface area (Å²) in [5.41, 5.74) is 2.01. The minimum atomic E-state index is -4.03. The van der Waals surface area contributed by atoms with Crippen LogP contribution in [0.3, 0.4) is 0 Å². The van der Waals surface area contributed by atoms with Crippen molar-refractivity contribution in [1.82, 2.24) is 4.90 Å². The number of benzene rings is 3. The number of aryl methyl sites for hydroxylation is 1. The number of ether oxygens (including phenoxy) is 1. The van der Waals surface area contributed by atoms with Crippen molar-refractivity contribution in [3.63, 3.8) is 0 Å². The van der Waals surface area contributed by atoms with Crippen molar-refractivity contribution >= 4 is 21.6 Å². The van der Waals surface area contributed by atoms with Crippen LogP contribution in [0.5, 0.6) is 5.75 Å². The van der Waals surface area contributed by atoms with Crippen molar-refractivity contribution < 1.29 is 22.3 Å². The van der Waals surface area contributed by atoms with E-state index in [9.17, 15) is 17.6 Å². The Morgan fingerprint density at radius 1 is 1.09 bits per heavy atom. The van der Waals surface area contributed by atoms with Crippen LogP contribution in [-0.4, -0.2) is 32.4 Å². The number of anilines is 1. The maximum Gasteiger partial charge on any atom is 0.265 e. The smallest absolute Gasteiger partial charge is 0.265 e. The number of hydrogen-bond donors (Lipinski definition) is 1. The molecule has 1 saturated carbocycles. The van der Waals surface area contributed by atoms with E-state index >= 15 is 0 Å². The Balaban J connectivity index is 1.65. The zero-order valence-electron chi connectivity index (χ0n) is 18.4. The molecule has 33 heavy (non-hydrogen) atoms. The van der Waals surface area contributed by atoms with E-state index < -0.39 is 10.0 Å². The van der Waals surface area contributed by atoms with Crippen LogP contribution in [0.4, 0.5) is 10.1 Å². The summed E-state index contributed by atoms with van der Waals surface area (Å²) >= 11 is 0. The SMILES string of the molecule is COc1ccc(C(=O)N(Cc2ccccc2F)C2CC2)cc1S(=O)(=O)Nc1ccc(C)cc1. The third-order valence-electron chi connectivity index (χ3n) is 5.55. The molecule has 0 saturated heterocycles. The number of methoxy groups -OCH3 is 1. The van der Waals surface area contributed by atoms with E-state index in [4.69, 9.17) is 4.74 Å². The molecule has 0 aliphatic heterocycles. The van der Waals surface area contributed by atoms with Gasteiger partial charge in [0.25, 0.3) is 15.9 Å². The third kappa shape index (κ3) is 5.17. The number of halogens is 1. The molecule has 8 heteroatoms. The molecule has 0 bridgehead atoms. The first kappa shape index (κ1) is 22.8.